The van der Waals surface area contributed by atoms with Crippen LogP contribution in [0.15, 0.2) is 34.7 Å². The minimum Gasteiger partial charge on any atom is -1.00 e. The predicted molar refractivity (Wildman–Crippen MR) is 101 cm³/mol. The molecular weight excluding hydrogens is 408 g/mol. The second kappa shape index (κ2) is 9.01. The third-order valence-electron chi connectivity index (χ3n) is 4.43. The number of nitrogens with zero attached hydrogens (tertiary/aromatic N) is 2. The van der Waals surface area contributed by atoms with Gasteiger partial charge in [0.2, 0.25) is 15.9 Å². The molecule has 148 valence electrons. The predicted octanol–water partition coefficient (Wildman–Crippen LogP) is -0.845. The van der Waals surface area contributed by atoms with Crippen molar-refractivity contribution in [1.82, 2.24) is 8.87 Å². The molecule has 2 heterocycles. The number of rotatable bonds is 5. The lowest BCUT2D eigenvalue weighted by molar-refractivity contribution is -0.116. The number of aromatic nitrogens is 1. The van der Waals surface area contributed by atoms with Gasteiger partial charge in [0, 0.05) is 30.4 Å². The summed E-state index contributed by atoms with van der Waals surface area (Å²) in [5.74, 6) is -0.294. The molecule has 2 aromatic rings. The molecule has 0 radical (unpaired) electrons. The van der Waals surface area contributed by atoms with E-state index in [0.717, 1.165) is 24.8 Å². The van der Waals surface area contributed by atoms with E-state index in [1.165, 1.54) is 26.3 Å². The first kappa shape index (κ1) is 21.6. The van der Waals surface area contributed by atoms with E-state index in [-0.39, 0.29) is 29.8 Å². The number of carbonyl (C=O) groups excluding carboxylic acids is 1. The maximum absolute atomic E-state index is 12.8. The molecule has 1 saturated heterocycles. The number of halogens is 1. The minimum atomic E-state index is -3.55. The number of sulfonamides is 1. The van der Waals surface area contributed by atoms with Crippen molar-refractivity contribution in [2.75, 3.05) is 18.4 Å². The molecule has 0 spiro atoms. The molecule has 0 saturated carbocycles. The summed E-state index contributed by atoms with van der Waals surface area (Å²) in [6, 6.07) is 4.82. The average molecular weight is 430 g/mol. The number of hydrogen-bond donors (Lipinski definition) is 2. The van der Waals surface area contributed by atoms with Crippen LogP contribution in [-0.2, 0) is 21.4 Å². The summed E-state index contributed by atoms with van der Waals surface area (Å²) in [6.07, 6.45) is 4.49. The smallest absolute Gasteiger partial charge is 0.244 e. The molecule has 10 heteroatoms. The van der Waals surface area contributed by atoms with Gasteiger partial charge in [-0.15, -0.1) is 11.3 Å². The van der Waals surface area contributed by atoms with Crippen LogP contribution in [0.5, 0.6) is 0 Å². The third-order valence-corrected chi connectivity index (χ3v) is 7.04. The number of thiazole rings is 1. The van der Waals surface area contributed by atoms with Crippen LogP contribution in [0.1, 0.15) is 24.8 Å². The van der Waals surface area contributed by atoms with Crippen LogP contribution in [-0.4, -0.2) is 36.3 Å². The van der Waals surface area contributed by atoms with E-state index in [1.807, 2.05) is 6.92 Å². The van der Waals surface area contributed by atoms with Crippen molar-refractivity contribution in [3.8, 4) is 0 Å². The molecule has 1 amide bonds. The number of aryl methyl sites for hydroxylation is 1. The lowest BCUT2D eigenvalue weighted by Gasteiger charge is -2.26. The van der Waals surface area contributed by atoms with Gasteiger partial charge in [0.05, 0.1) is 4.90 Å². The molecule has 27 heavy (non-hydrogen) atoms. The highest BCUT2D eigenvalue weighted by Gasteiger charge is 2.26. The molecule has 7 nitrogen and oxygen atoms in total. The molecule has 1 aromatic carbocycles. The summed E-state index contributed by atoms with van der Waals surface area (Å²) >= 11 is 1.24. The minimum absolute atomic E-state index is 0. The van der Waals surface area contributed by atoms with Crippen LogP contribution in [0.25, 0.3) is 0 Å². The van der Waals surface area contributed by atoms with E-state index >= 15 is 0 Å². The Labute approximate surface area is 169 Å². The first-order valence-electron chi connectivity index (χ1n) is 8.47. The van der Waals surface area contributed by atoms with Crippen molar-refractivity contribution in [3.63, 3.8) is 0 Å². The number of piperidine rings is 1. The van der Waals surface area contributed by atoms with Crippen LogP contribution in [0.4, 0.5) is 5.69 Å². The van der Waals surface area contributed by atoms with Crippen LogP contribution in [0.3, 0.4) is 0 Å². The van der Waals surface area contributed by atoms with Crippen molar-refractivity contribution in [1.29, 1.82) is 5.41 Å². The van der Waals surface area contributed by atoms with Gasteiger partial charge < -0.3 is 22.3 Å². The second-order valence-corrected chi connectivity index (χ2v) is 9.16. The van der Waals surface area contributed by atoms with Gasteiger partial charge in [-0.05, 0) is 37.5 Å². The zero-order valence-corrected chi connectivity index (χ0v) is 17.3. The van der Waals surface area contributed by atoms with Crippen molar-refractivity contribution in [2.24, 2.45) is 0 Å². The van der Waals surface area contributed by atoms with E-state index in [0.29, 0.717) is 23.6 Å². The summed E-state index contributed by atoms with van der Waals surface area (Å²) in [5, 5.41) is 12.2. The number of benzene rings is 1. The monoisotopic (exact) mass is 429 g/mol. The summed E-state index contributed by atoms with van der Waals surface area (Å²) in [5.41, 5.74) is 1.27. The fourth-order valence-electron chi connectivity index (χ4n) is 2.92. The fourth-order valence-corrected chi connectivity index (χ4v) is 5.06. The van der Waals surface area contributed by atoms with E-state index in [2.05, 4.69) is 5.32 Å². The van der Waals surface area contributed by atoms with Gasteiger partial charge in [-0.1, -0.05) is 12.5 Å². The molecule has 2 N–H and O–H groups in total. The maximum Gasteiger partial charge on any atom is 0.244 e. The Kier molecular flexibility index (Phi) is 7.21. The molecule has 1 fully saturated rings. The van der Waals surface area contributed by atoms with Crippen LogP contribution >= 0.6 is 11.3 Å². The number of nitrogens with one attached hydrogen (secondary N) is 2. The van der Waals surface area contributed by atoms with Gasteiger partial charge >= 0.3 is 0 Å². The lowest BCUT2D eigenvalue weighted by Crippen LogP contribution is -3.00. The zero-order chi connectivity index (χ0) is 18.7. The van der Waals surface area contributed by atoms with Gasteiger partial charge in [0.15, 0.2) is 4.80 Å². The topological polar surface area (TPSA) is 95.3 Å². The Morgan fingerprint density at radius 2 is 1.96 bits per heavy atom. The quantitative estimate of drug-likeness (QED) is 0.648. The van der Waals surface area contributed by atoms with Gasteiger partial charge in [0.1, 0.15) is 6.54 Å². The number of carbonyl (C=O) groups is 1. The number of anilines is 1. The first-order chi connectivity index (χ1) is 12.4. The van der Waals surface area contributed by atoms with Crippen molar-refractivity contribution < 1.29 is 25.6 Å². The molecule has 0 unspecified atom stereocenters. The van der Waals surface area contributed by atoms with E-state index in [9.17, 15) is 13.2 Å². The first-order valence-corrected chi connectivity index (χ1v) is 10.8. The van der Waals surface area contributed by atoms with Gasteiger partial charge in [-0.2, -0.15) is 4.31 Å². The van der Waals surface area contributed by atoms with Crippen LogP contribution < -0.4 is 22.5 Å². The third kappa shape index (κ3) is 4.98. The molecular formula is C17H22ClN4O3S2-. The van der Waals surface area contributed by atoms with Crippen molar-refractivity contribution in [2.45, 2.75) is 37.6 Å². The van der Waals surface area contributed by atoms with Crippen molar-refractivity contribution >= 4 is 33.0 Å². The summed E-state index contributed by atoms with van der Waals surface area (Å²) < 4.78 is 28.7. The van der Waals surface area contributed by atoms with Crippen molar-refractivity contribution in [3.05, 3.63) is 40.1 Å². The second-order valence-electron chi connectivity index (χ2n) is 6.33. The molecule has 1 aliphatic heterocycles. The average Bonchev–Trinajstić information content (AvgIpc) is 3.02. The molecule has 0 bridgehead atoms. The Bertz CT molecular complexity index is 963. The molecule has 1 aliphatic rings. The Morgan fingerprint density at radius 1 is 1.26 bits per heavy atom. The van der Waals surface area contributed by atoms with Gasteiger partial charge in [0.25, 0.3) is 0 Å². The molecule has 1 aromatic heterocycles. The molecule has 3 rings (SSSR count). The lowest BCUT2D eigenvalue weighted by atomic mass is 10.2. The summed E-state index contributed by atoms with van der Waals surface area (Å²) in [6.45, 7) is 2.92. The number of amides is 1. The number of hydrogen-bond acceptors (Lipinski definition) is 5. The zero-order valence-electron chi connectivity index (χ0n) is 14.9. The highest BCUT2D eigenvalue weighted by molar-refractivity contribution is 7.89. The van der Waals surface area contributed by atoms with E-state index in [1.54, 1.807) is 23.7 Å². The largest absolute Gasteiger partial charge is 1.00 e. The standard InChI is InChI=1S/C17H22N4O3S2.ClH/c1-13-5-6-14(26(23,24)21-7-3-2-4-8-21)11-15(13)19-16(22)12-20-9-10-25-17(20)18;/h5-6,9-11,18H,2-4,7-8,12H2,1H3,(H,19,22);1H/p-1. The summed E-state index contributed by atoms with van der Waals surface area (Å²) in [4.78, 5) is 12.8. The molecule has 0 atom stereocenters. The highest BCUT2D eigenvalue weighted by Crippen LogP contribution is 2.25. The fraction of sp³-hybridized carbons (Fsp3) is 0.412. The van der Waals surface area contributed by atoms with Crippen LogP contribution in [0, 0.1) is 12.3 Å². The van der Waals surface area contributed by atoms with Crippen LogP contribution in [0.2, 0.25) is 0 Å². The summed E-state index contributed by atoms with van der Waals surface area (Å²) in [7, 11) is -3.55. The molecule has 0 aliphatic carbocycles. The van der Waals surface area contributed by atoms with Gasteiger partial charge in [-0.25, -0.2) is 8.42 Å². The normalized spacial score (nSPS) is 15.1. The highest BCUT2D eigenvalue weighted by atomic mass is 35.5. The van der Waals surface area contributed by atoms with E-state index in [4.69, 9.17) is 5.41 Å². The SMILES string of the molecule is Cc1ccc(S(=O)(=O)N2CCCCC2)cc1NC(=O)Cn1ccsc1=N.[Cl-]. The van der Waals surface area contributed by atoms with Gasteiger partial charge in [-0.3, -0.25) is 10.2 Å². The Balaban J connectivity index is 0.00000261. The Morgan fingerprint density at radius 3 is 2.59 bits per heavy atom. The maximum atomic E-state index is 12.8. The Hall–Kier alpha value is -1.68. The van der Waals surface area contributed by atoms with E-state index < -0.39 is 10.0 Å².